The second-order valence-corrected chi connectivity index (χ2v) is 9.92. The number of amides is 1. The first-order valence-electron chi connectivity index (χ1n) is 13.4. The second-order valence-electron chi connectivity index (χ2n) is 9.92. The number of hydrogen-bond donors (Lipinski definition) is 3. The summed E-state index contributed by atoms with van der Waals surface area (Å²) in [4.78, 5) is 31.5. The fourth-order valence-electron chi connectivity index (χ4n) is 5.07. The number of H-pyrrole nitrogens is 2. The summed E-state index contributed by atoms with van der Waals surface area (Å²) < 4.78 is 5.45. The third-order valence-electron chi connectivity index (χ3n) is 7.29. The molecule has 9 heteroatoms. The van der Waals surface area contributed by atoms with Gasteiger partial charge in [0, 0.05) is 41.2 Å². The number of nitriles is 1. The predicted molar refractivity (Wildman–Crippen MR) is 159 cm³/mol. The van der Waals surface area contributed by atoms with Gasteiger partial charge in [0.2, 0.25) is 0 Å². The Balaban J connectivity index is 1.08. The van der Waals surface area contributed by atoms with Crippen molar-refractivity contribution in [1.82, 2.24) is 19.9 Å². The Morgan fingerprint density at radius 3 is 2.07 bits per heavy atom. The highest BCUT2D eigenvalue weighted by molar-refractivity contribution is 6.06. The highest BCUT2D eigenvalue weighted by Crippen LogP contribution is 2.26. The van der Waals surface area contributed by atoms with E-state index in [1.54, 1.807) is 18.2 Å². The minimum absolute atomic E-state index is 0.218. The maximum Gasteiger partial charge on any atom is 0.255 e. The van der Waals surface area contributed by atoms with Crippen LogP contribution in [0.25, 0.3) is 44.8 Å². The summed E-state index contributed by atoms with van der Waals surface area (Å²) in [5, 5.41) is 12.0. The number of rotatable bonds is 5. The molecule has 1 saturated heterocycles. The highest BCUT2D eigenvalue weighted by atomic mass is 16.5. The number of benzene rings is 4. The fraction of sp³-hybridized carbons (Fsp3) is 0.125. The lowest BCUT2D eigenvalue weighted by atomic mass is 10.1. The van der Waals surface area contributed by atoms with Crippen LogP contribution >= 0.6 is 0 Å². The van der Waals surface area contributed by atoms with Gasteiger partial charge in [0.05, 0.1) is 46.9 Å². The summed E-state index contributed by atoms with van der Waals surface area (Å²) >= 11 is 0. The van der Waals surface area contributed by atoms with E-state index in [1.165, 1.54) is 5.69 Å². The topological polar surface area (TPSA) is 123 Å². The van der Waals surface area contributed by atoms with Gasteiger partial charge in [-0.2, -0.15) is 5.26 Å². The van der Waals surface area contributed by atoms with Crippen molar-refractivity contribution in [2.75, 3.05) is 36.5 Å². The molecule has 41 heavy (non-hydrogen) atoms. The Morgan fingerprint density at radius 1 is 0.805 bits per heavy atom. The molecule has 1 aliphatic heterocycles. The van der Waals surface area contributed by atoms with Crippen LogP contribution in [-0.2, 0) is 4.74 Å². The number of hydrogen-bond acceptors (Lipinski definition) is 6. The van der Waals surface area contributed by atoms with Crippen molar-refractivity contribution >= 4 is 39.3 Å². The standard InChI is InChI=1S/C32H25N7O2/c33-19-20-1-3-21(4-2-20)30-36-27-12-8-24(18-29(27)38-30)34-32(40)23-7-11-26-28(17-23)37-31(35-26)22-5-9-25(10-6-22)39-13-15-41-16-14-39/h1-12,17-18H,13-16H2,(H,34,40)(H,35,37)(H,36,38). The number of ether oxygens (including phenoxy) is 1. The molecule has 1 aliphatic rings. The van der Waals surface area contributed by atoms with Gasteiger partial charge in [0.25, 0.3) is 5.91 Å². The molecule has 0 bridgehead atoms. The summed E-state index contributed by atoms with van der Waals surface area (Å²) in [6.07, 6.45) is 0. The van der Waals surface area contributed by atoms with Gasteiger partial charge in [-0.15, -0.1) is 0 Å². The lowest BCUT2D eigenvalue weighted by Gasteiger charge is -2.28. The molecule has 7 rings (SSSR count). The van der Waals surface area contributed by atoms with Crippen LogP contribution in [0.4, 0.5) is 11.4 Å². The van der Waals surface area contributed by atoms with E-state index >= 15 is 0 Å². The third-order valence-corrected chi connectivity index (χ3v) is 7.29. The molecule has 0 saturated carbocycles. The first-order valence-corrected chi connectivity index (χ1v) is 13.4. The van der Waals surface area contributed by atoms with Crippen LogP contribution in [0, 0.1) is 11.3 Å². The molecule has 1 fully saturated rings. The normalized spacial score (nSPS) is 13.4. The van der Waals surface area contributed by atoms with Crippen LogP contribution in [0.5, 0.6) is 0 Å². The molecule has 200 valence electrons. The Hall–Kier alpha value is -5.46. The summed E-state index contributed by atoms with van der Waals surface area (Å²) in [6, 6.07) is 28.7. The zero-order valence-electron chi connectivity index (χ0n) is 22.0. The molecular formula is C32H25N7O2. The Morgan fingerprint density at radius 2 is 1.41 bits per heavy atom. The van der Waals surface area contributed by atoms with Gasteiger partial charge in [-0.3, -0.25) is 4.79 Å². The molecule has 3 heterocycles. The molecule has 9 nitrogen and oxygen atoms in total. The Labute approximate surface area is 235 Å². The van der Waals surface area contributed by atoms with Crippen molar-refractivity contribution in [2.24, 2.45) is 0 Å². The number of nitrogens with one attached hydrogen (secondary N) is 3. The van der Waals surface area contributed by atoms with Gasteiger partial charge in [-0.1, -0.05) is 0 Å². The number of aromatic nitrogens is 4. The number of nitrogens with zero attached hydrogens (tertiary/aromatic N) is 4. The van der Waals surface area contributed by atoms with Gasteiger partial charge in [0.15, 0.2) is 0 Å². The summed E-state index contributed by atoms with van der Waals surface area (Å²) in [5.41, 5.74) is 7.99. The van der Waals surface area contributed by atoms with Gasteiger partial charge < -0.3 is 24.9 Å². The number of carbonyl (C=O) groups excluding carboxylic acids is 1. The summed E-state index contributed by atoms with van der Waals surface area (Å²) in [6.45, 7) is 3.29. The molecule has 0 unspecified atom stereocenters. The monoisotopic (exact) mass is 539 g/mol. The maximum atomic E-state index is 13.1. The van der Waals surface area contributed by atoms with Crippen LogP contribution in [0.15, 0.2) is 84.9 Å². The van der Waals surface area contributed by atoms with E-state index in [-0.39, 0.29) is 5.91 Å². The number of morpholine rings is 1. The lowest BCUT2D eigenvalue weighted by Crippen LogP contribution is -2.36. The minimum Gasteiger partial charge on any atom is -0.378 e. The largest absolute Gasteiger partial charge is 0.378 e. The van der Waals surface area contributed by atoms with Gasteiger partial charge in [0.1, 0.15) is 11.6 Å². The number of fused-ring (bicyclic) bond motifs is 2. The van der Waals surface area contributed by atoms with E-state index in [1.807, 2.05) is 42.5 Å². The number of imidazole rings is 2. The third kappa shape index (κ3) is 4.88. The van der Waals surface area contributed by atoms with Crippen LogP contribution in [0.1, 0.15) is 15.9 Å². The van der Waals surface area contributed by atoms with E-state index in [0.717, 1.165) is 65.3 Å². The van der Waals surface area contributed by atoms with Crippen molar-refractivity contribution in [2.45, 2.75) is 0 Å². The molecule has 6 aromatic rings. The van der Waals surface area contributed by atoms with E-state index in [2.05, 4.69) is 55.5 Å². The highest BCUT2D eigenvalue weighted by Gasteiger charge is 2.14. The predicted octanol–water partition coefficient (Wildman–Crippen LogP) is 5.73. The van der Waals surface area contributed by atoms with Crippen molar-refractivity contribution in [3.63, 3.8) is 0 Å². The van der Waals surface area contributed by atoms with Crippen molar-refractivity contribution in [1.29, 1.82) is 5.26 Å². The first kappa shape index (κ1) is 24.6. The van der Waals surface area contributed by atoms with Crippen LogP contribution in [0.3, 0.4) is 0 Å². The molecule has 0 spiro atoms. The minimum atomic E-state index is -0.218. The quantitative estimate of drug-likeness (QED) is 0.257. The van der Waals surface area contributed by atoms with Crippen molar-refractivity contribution in [3.05, 3.63) is 96.1 Å². The van der Waals surface area contributed by atoms with Gasteiger partial charge in [-0.05, 0) is 84.9 Å². The Bertz CT molecular complexity index is 1930. The molecule has 0 atom stereocenters. The van der Waals surface area contributed by atoms with E-state index in [0.29, 0.717) is 22.6 Å². The smallest absolute Gasteiger partial charge is 0.255 e. The lowest BCUT2D eigenvalue weighted by molar-refractivity contribution is 0.102. The van der Waals surface area contributed by atoms with Crippen molar-refractivity contribution < 1.29 is 9.53 Å². The SMILES string of the molecule is N#Cc1ccc(-c2nc3ccc(NC(=O)c4ccc5nc(-c6ccc(N7CCOCC7)cc6)[nH]c5c4)cc3[nH]2)cc1. The fourth-order valence-corrected chi connectivity index (χ4v) is 5.07. The second kappa shape index (κ2) is 10.3. The molecule has 2 aromatic heterocycles. The number of anilines is 2. The zero-order valence-corrected chi connectivity index (χ0v) is 22.0. The molecule has 1 amide bonds. The van der Waals surface area contributed by atoms with Crippen LogP contribution in [-0.4, -0.2) is 52.1 Å². The summed E-state index contributed by atoms with van der Waals surface area (Å²) in [5.74, 6) is 1.24. The van der Waals surface area contributed by atoms with Crippen molar-refractivity contribution in [3.8, 4) is 28.8 Å². The molecular weight excluding hydrogens is 514 g/mol. The Kier molecular flexibility index (Phi) is 6.15. The summed E-state index contributed by atoms with van der Waals surface area (Å²) in [7, 11) is 0. The zero-order chi connectivity index (χ0) is 27.8. The maximum absolute atomic E-state index is 13.1. The molecule has 0 aliphatic carbocycles. The van der Waals surface area contributed by atoms with E-state index in [4.69, 9.17) is 15.0 Å². The average Bonchev–Trinajstić information content (AvgIpc) is 3.65. The molecule has 0 radical (unpaired) electrons. The first-order chi connectivity index (χ1) is 20.1. The molecule has 4 aromatic carbocycles. The molecule has 3 N–H and O–H groups in total. The van der Waals surface area contributed by atoms with E-state index in [9.17, 15) is 4.79 Å². The number of aromatic amines is 2. The van der Waals surface area contributed by atoms with Crippen LogP contribution in [0.2, 0.25) is 0 Å². The van der Waals surface area contributed by atoms with Gasteiger partial charge in [-0.25, -0.2) is 9.97 Å². The number of carbonyl (C=O) groups is 1. The van der Waals surface area contributed by atoms with Crippen LogP contribution < -0.4 is 10.2 Å². The van der Waals surface area contributed by atoms with E-state index < -0.39 is 0 Å². The average molecular weight is 540 g/mol. The van der Waals surface area contributed by atoms with Gasteiger partial charge >= 0.3 is 0 Å².